The van der Waals surface area contributed by atoms with Crippen LogP contribution in [0.25, 0.3) is 0 Å². The Hall–Kier alpha value is -3.03. The molecule has 0 aliphatic carbocycles. The molecule has 0 fully saturated rings. The number of carbonyl (C=O) groups is 1. The second kappa shape index (κ2) is 5.95. The van der Waals surface area contributed by atoms with Gasteiger partial charge in [-0.3, -0.25) is 14.9 Å². The van der Waals surface area contributed by atoms with Crippen molar-refractivity contribution in [1.82, 2.24) is 4.98 Å². The number of rotatable bonds is 5. The number of pyridine rings is 1. The first-order valence-corrected chi connectivity index (χ1v) is 5.90. The van der Waals surface area contributed by atoms with Gasteiger partial charge < -0.3 is 11.1 Å². The van der Waals surface area contributed by atoms with Crippen LogP contribution in [0.5, 0.6) is 0 Å². The van der Waals surface area contributed by atoms with E-state index in [-0.39, 0.29) is 11.5 Å². The fraction of sp³-hybridized carbons (Fsp3) is 0.0769. The Bertz CT molecular complexity index is 675. The maximum Gasteiger partial charge on any atom is 0.311 e. The van der Waals surface area contributed by atoms with Gasteiger partial charge in [-0.05, 0) is 23.8 Å². The molecule has 0 radical (unpaired) electrons. The monoisotopic (exact) mass is 290 g/mol. The number of benzene rings is 1. The zero-order valence-corrected chi connectivity index (χ0v) is 10.7. The minimum Gasteiger partial charge on any atom is -0.368 e. The lowest BCUT2D eigenvalue weighted by molar-refractivity contribution is -0.384. The molecule has 0 spiro atoms. The van der Waals surface area contributed by atoms with Crippen molar-refractivity contribution in [2.45, 2.75) is 6.04 Å². The second-order valence-corrected chi connectivity index (χ2v) is 4.16. The Labute approximate surface area is 118 Å². The number of aromatic nitrogens is 1. The van der Waals surface area contributed by atoms with Gasteiger partial charge in [-0.25, -0.2) is 9.37 Å². The smallest absolute Gasteiger partial charge is 0.311 e. The zero-order chi connectivity index (χ0) is 15.4. The van der Waals surface area contributed by atoms with Gasteiger partial charge in [0.2, 0.25) is 11.7 Å². The summed E-state index contributed by atoms with van der Waals surface area (Å²) in [6, 6.07) is 6.66. The molecule has 3 N–H and O–H groups in total. The van der Waals surface area contributed by atoms with Crippen molar-refractivity contribution in [3.8, 4) is 0 Å². The molecule has 1 heterocycles. The number of nitrogens with zero attached hydrogens (tertiary/aromatic N) is 2. The van der Waals surface area contributed by atoms with Crippen LogP contribution >= 0.6 is 0 Å². The van der Waals surface area contributed by atoms with Crippen molar-refractivity contribution in [3.63, 3.8) is 0 Å². The number of carbonyl (C=O) groups excluding carboxylic acids is 1. The first-order valence-electron chi connectivity index (χ1n) is 5.90. The largest absolute Gasteiger partial charge is 0.368 e. The molecular formula is C13H11FN4O3. The van der Waals surface area contributed by atoms with Crippen LogP contribution in [-0.2, 0) is 4.79 Å². The molecule has 0 saturated heterocycles. The SMILES string of the molecule is NC(=O)C(Nc1ncccc1[N+](=O)[O-])c1ccc(F)cc1. The molecule has 2 aromatic rings. The van der Waals surface area contributed by atoms with Gasteiger partial charge in [-0.2, -0.15) is 0 Å². The number of primary amides is 1. The molecule has 1 atom stereocenters. The maximum atomic E-state index is 12.9. The predicted octanol–water partition coefficient (Wildman–Crippen LogP) is 1.77. The molecule has 108 valence electrons. The maximum absolute atomic E-state index is 12.9. The van der Waals surface area contributed by atoms with Crippen LogP contribution < -0.4 is 11.1 Å². The highest BCUT2D eigenvalue weighted by Gasteiger charge is 2.23. The Morgan fingerprint density at radius 2 is 2.00 bits per heavy atom. The Balaban J connectivity index is 2.35. The van der Waals surface area contributed by atoms with E-state index in [4.69, 9.17) is 5.73 Å². The van der Waals surface area contributed by atoms with Crippen LogP contribution in [0.15, 0.2) is 42.6 Å². The molecule has 7 nitrogen and oxygen atoms in total. The number of anilines is 1. The number of amides is 1. The predicted molar refractivity (Wildman–Crippen MR) is 72.8 cm³/mol. The van der Waals surface area contributed by atoms with Gasteiger partial charge in [-0.1, -0.05) is 12.1 Å². The molecule has 1 aromatic heterocycles. The van der Waals surface area contributed by atoms with Crippen molar-refractivity contribution in [2.24, 2.45) is 5.73 Å². The molecule has 0 bridgehead atoms. The third-order valence-corrected chi connectivity index (χ3v) is 2.75. The number of hydrogen-bond donors (Lipinski definition) is 2. The lowest BCUT2D eigenvalue weighted by Crippen LogP contribution is -2.28. The van der Waals surface area contributed by atoms with Crippen LogP contribution in [0, 0.1) is 15.9 Å². The van der Waals surface area contributed by atoms with Gasteiger partial charge in [0, 0.05) is 12.3 Å². The molecule has 1 unspecified atom stereocenters. The van der Waals surface area contributed by atoms with Crippen molar-refractivity contribution in [3.05, 3.63) is 64.1 Å². The summed E-state index contributed by atoms with van der Waals surface area (Å²) in [6.45, 7) is 0. The zero-order valence-electron chi connectivity index (χ0n) is 10.7. The van der Waals surface area contributed by atoms with Crippen LogP contribution in [-0.4, -0.2) is 15.8 Å². The third-order valence-electron chi connectivity index (χ3n) is 2.75. The fourth-order valence-corrected chi connectivity index (χ4v) is 1.77. The summed E-state index contributed by atoms with van der Waals surface area (Å²) < 4.78 is 12.9. The molecule has 0 aliphatic heterocycles. The van der Waals surface area contributed by atoms with Crippen molar-refractivity contribution in [1.29, 1.82) is 0 Å². The quantitative estimate of drug-likeness (QED) is 0.644. The molecule has 0 saturated carbocycles. The Kier molecular flexibility index (Phi) is 4.07. The average Bonchev–Trinajstić information content (AvgIpc) is 2.46. The van der Waals surface area contributed by atoms with E-state index in [1.807, 2.05) is 0 Å². The van der Waals surface area contributed by atoms with E-state index < -0.39 is 22.7 Å². The van der Waals surface area contributed by atoms with Crippen LogP contribution in [0.3, 0.4) is 0 Å². The number of nitrogens with one attached hydrogen (secondary N) is 1. The number of nitro groups is 1. The van der Waals surface area contributed by atoms with Crippen LogP contribution in [0.1, 0.15) is 11.6 Å². The van der Waals surface area contributed by atoms with E-state index in [0.717, 1.165) is 0 Å². The lowest BCUT2D eigenvalue weighted by Gasteiger charge is -2.16. The average molecular weight is 290 g/mol. The summed E-state index contributed by atoms with van der Waals surface area (Å²) in [5.74, 6) is -1.32. The van der Waals surface area contributed by atoms with Gasteiger partial charge in [0.25, 0.3) is 0 Å². The van der Waals surface area contributed by atoms with Gasteiger partial charge >= 0.3 is 5.69 Å². The highest BCUT2D eigenvalue weighted by Crippen LogP contribution is 2.25. The minimum atomic E-state index is -1.06. The summed E-state index contributed by atoms with van der Waals surface area (Å²) in [4.78, 5) is 25.7. The van der Waals surface area contributed by atoms with Gasteiger partial charge in [-0.15, -0.1) is 0 Å². The minimum absolute atomic E-state index is 0.0874. The van der Waals surface area contributed by atoms with Gasteiger partial charge in [0.05, 0.1) is 4.92 Å². The van der Waals surface area contributed by atoms with E-state index in [0.29, 0.717) is 5.56 Å². The van der Waals surface area contributed by atoms with Crippen molar-refractivity contribution >= 4 is 17.4 Å². The summed E-state index contributed by atoms with van der Waals surface area (Å²) in [6.07, 6.45) is 1.35. The topological polar surface area (TPSA) is 111 Å². The molecule has 8 heteroatoms. The summed E-state index contributed by atoms with van der Waals surface area (Å²) >= 11 is 0. The van der Waals surface area contributed by atoms with Crippen molar-refractivity contribution in [2.75, 3.05) is 5.32 Å². The molecule has 21 heavy (non-hydrogen) atoms. The van der Waals surface area contributed by atoms with E-state index in [2.05, 4.69) is 10.3 Å². The Morgan fingerprint density at radius 3 is 2.57 bits per heavy atom. The normalized spacial score (nSPS) is 11.7. The van der Waals surface area contributed by atoms with Crippen LogP contribution in [0.2, 0.25) is 0 Å². The number of hydrogen-bond acceptors (Lipinski definition) is 5. The first-order chi connectivity index (χ1) is 9.99. The van der Waals surface area contributed by atoms with E-state index in [1.165, 1.54) is 42.6 Å². The van der Waals surface area contributed by atoms with Gasteiger partial charge in [0.1, 0.15) is 11.9 Å². The summed E-state index contributed by atoms with van der Waals surface area (Å²) in [5, 5.41) is 13.5. The molecular weight excluding hydrogens is 279 g/mol. The highest BCUT2D eigenvalue weighted by atomic mass is 19.1. The lowest BCUT2D eigenvalue weighted by atomic mass is 10.1. The van der Waals surface area contributed by atoms with Crippen LogP contribution in [0.4, 0.5) is 15.9 Å². The molecule has 0 aliphatic rings. The van der Waals surface area contributed by atoms with E-state index >= 15 is 0 Å². The van der Waals surface area contributed by atoms with E-state index in [1.54, 1.807) is 0 Å². The Morgan fingerprint density at radius 1 is 1.33 bits per heavy atom. The summed E-state index contributed by atoms with van der Waals surface area (Å²) in [5.41, 5.74) is 5.38. The second-order valence-electron chi connectivity index (χ2n) is 4.16. The number of nitrogens with two attached hydrogens (primary N) is 1. The van der Waals surface area contributed by atoms with E-state index in [9.17, 15) is 19.3 Å². The highest BCUT2D eigenvalue weighted by molar-refractivity contribution is 5.84. The number of halogens is 1. The fourth-order valence-electron chi connectivity index (χ4n) is 1.77. The van der Waals surface area contributed by atoms with Gasteiger partial charge in [0.15, 0.2) is 0 Å². The molecule has 1 aromatic carbocycles. The first kappa shape index (κ1) is 14.4. The molecule has 2 rings (SSSR count). The third kappa shape index (κ3) is 3.30. The van der Waals surface area contributed by atoms with Crippen molar-refractivity contribution < 1.29 is 14.1 Å². The summed E-state index contributed by atoms with van der Waals surface area (Å²) in [7, 11) is 0. The standard InChI is InChI=1S/C13H11FN4O3/c14-9-5-3-8(4-6-9)11(12(15)19)17-13-10(18(20)21)2-1-7-16-13/h1-7,11H,(H2,15,19)(H,16,17). The molecule has 1 amide bonds.